The molecule has 0 atom stereocenters. The molecule has 0 bridgehead atoms. The zero-order chi connectivity index (χ0) is 11.3. The third kappa shape index (κ3) is 4.24. The molecule has 15 heavy (non-hydrogen) atoms. The molecule has 0 amide bonds. The van der Waals surface area contributed by atoms with Crippen LogP contribution >= 0.6 is 0 Å². The number of nitriles is 1. The van der Waals surface area contributed by atoms with E-state index in [9.17, 15) is 0 Å². The van der Waals surface area contributed by atoms with Gasteiger partial charge in [0.1, 0.15) is 0 Å². The van der Waals surface area contributed by atoms with Crippen molar-refractivity contribution in [3.05, 3.63) is 0 Å². The molecule has 0 aliphatic heterocycles. The van der Waals surface area contributed by atoms with E-state index in [0.717, 1.165) is 24.7 Å². The molecule has 0 heterocycles. The van der Waals surface area contributed by atoms with Crippen molar-refractivity contribution in [2.75, 3.05) is 0 Å². The van der Waals surface area contributed by atoms with E-state index in [1.54, 1.807) is 0 Å². The van der Waals surface area contributed by atoms with Gasteiger partial charge in [-0.25, -0.2) is 0 Å². The van der Waals surface area contributed by atoms with Crippen LogP contribution in [0.5, 0.6) is 0 Å². The average molecular weight is 207 g/mol. The largest absolute Gasteiger partial charge is 0.198 e. The van der Waals surface area contributed by atoms with Gasteiger partial charge in [-0.1, -0.05) is 33.1 Å². The summed E-state index contributed by atoms with van der Waals surface area (Å²) in [6.45, 7) is 6.72. The Morgan fingerprint density at radius 1 is 1.33 bits per heavy atom. The molecule has 0 radical (unpaired) electrons. The number of nitrogens with zero attached hydrogens (tertiary/aromatic N) is 1. The summed E-state index contributed by atoms with van der Waals surface area (Å²) in [6.07, 6.45) is 8.94. The fourth-order valence-electron chi connectivity index (χ4n) is 2.53. The Morgan fingerprint density at radius 2 is 1.93 bits per heavy atom. The summed E-state index contributed by atoms with van der Waals surface area (Å²) < 4.78 is 0. The lowest BCUT2D eigenvalue weighted by molar-refractivity contribution is 0.216. The molecular formula is C14H25N. The highest BCUT2D eigenvalue weighted by molar-refractivity contribution is 4.98. The molecule has 1 fully saturated rings. The first-order chi connectivity index (χ1) is 7.06. The van der Waals surface area contributed by atoms with E-state index >= 15 is 0 Å². The Morgan fingerprint density at radius 3 is 2.40 bits per heavy atom. The minimum absolute atomic E-state index is 0.00541. The molecule has 0 aromatic heterocycles. The molecule has 0 aromatic carbocycles. The molecule has 1 rings (SSSR count). The van der Waals surface area contributed by atoms with Crippen LogP contribution in [0.25, 0.3) is 0 Å². The third-order valence-electron chi connectivity index (χ3n) is 3.87. The van der Waals surface area contributed by atoms with E-state index in [-0.39, 0.29) is 5.41 Å². The Kier molecular flexibility index (Phi) is 4.64. The maximum absolute atomic E-state index is 9.04. The maximum atomic E-state index is 9.04. The molecule has 1 aliphatic carbocycles. The van der Waals surface area contributed by atoms with Crippen molar-refractivity contribution in [2.45, 2.75) is 65.7 Å². The summed E-state index contributed by atoms with van der Waals surface area (Å²) in [4.78, 5) is 0. The van der Waals surface area contributed by atoms with Crippen LogP contribution < -0.4 is 0 Å². The number of hydrogen-bond acceptors (Lipinski definition) is 1. The van der Waals surface area contributed by atoms with E-state index in [1.807, 2.05) is 0 Å². The Hall–Kier alpha value is -0.510. The van der Waals surface area contributed by atoms with E-state index < -0.39 is 0 Å². The number of rotatable bonds is 4. The van der Waals surface area contributed by atoms with Crippen molar-refractivity contribution in [3.63, 3.8) is 0 Å². The van der Waals surface area contributed by atoms with Gasteiger partial charge in [-0.05, 0) is 44.4 Å². The minimum atomic E-state index is -0.00541. The van der Waals surface area contributed by atoms with Gasteiger partial charge >= 0.3 is 0 Å². The lowest BCUT2D eigenvalue weighted by Gasteiger charge is -2.32. The molecule has 1 heteroatoms. The van der Waals surface area contributed by atoms with Crippen LogP contribution in [-0.4, -0.2) is 0 Å². The minimum Gasteiger partial charge on any atom is -0.198 e. The predicted octanol–water partition coefficient (Wildman–Crippen LogP) is 4.53. The fraction of sp³-hybridized carbons (Fsp3) is 0.929. The van der Waals surface area contributed by atoms with Crippen molar-refractivity contribution in [1.29, 1.82) is 5.26 Å². The Labute approximate surface area is 94.9 Å². The lowest BCUT2D eigenvalue weighted by atomic mass is 9.71. The van der Waals surface area contributed by atoms with Crippen LogP contribution in [0.2, 0.25) is 0 Å². The lowest BCUT2D eigenvalue weighted by Crippen LogP contribution is -2.22. The topological polar surface area (TPSA) is 23.8 Å². The maximum Gasteiger partial charge on any atom is 0.0686 e. The zero-order valence-electron chi connectivity index (χ0n) is 10.6. The van der Waals surface area contributed by atoms with Crippen LogP contribution in [0.15, 0.2) is 0 Å². The van der Waals surface area contributed by atoms with E-state index in [2.05, 4.69) is 26.8 Å². The highest BCUT2D eigenvalue weighted by Crippen LogP contribution is 2.39. The van der Waals surface area contributed by atoms with Crippen molar-refractivity contribution in [1.82, 2.24) is 0 Å². The molecular weight excluding hydrogens is 182 g/mol. The van der Waals surface area contributed by atoms with Gasteiger partial charge < -0.3 is 0 Å². The zero-order valence-corrected chi connectivity index (χ0v) is 10.6. The molecule has 0 spiro atoms. The molecule has 1 nitrogen and oxygen atoms in total. The summed E-state index contributed by atoms with van der Waals surface area (Å²) in [7, 11) is 0. The average Bonchev–Trinajstić information content (AvgIpc) is 2.21. The van der Waals surface area contributed by atoms with E-state index in [4.69, 9.17) is 5.26 Å². The predicted molar refractivity (Wildman–Crippen MR) is 64.4 cm³/mol. The van der Waals surface area contributed by atoms with Crippen molar-refractivity contribution in [3.8, 4) is 6.07 Å². The molecule has 1 saturated carbocycles. The van der Waals surface area contributed by atoms with Gasteiger partial charge in [-0.3, -0.25) is 0 Å². The Bertz CT molecular complexity index is 216. The second-order valence-electron chi connectivity index (χ2n) is 5.94. The van der Waals surface area contributed by atoms with Gasteiger partial charge in [-0.2, -0.15) is 5.26 Å². The van der Waals surface area contributed by atoms with Crippen LogP contribution in [0, 0.1) is 28.6 Å². The number of hydrogen-bond donors (Lipinski definition) is 0. The Balaban J connectivity index is 2.18. The summed E-state index contributed by atoms with van der Waals surface area (Å²) in [5.74, 6) is 1.75. The third-order valence-corrected chi connectivity index (χ3v) is 3.87. The fourth-order valence-corrected chi connectivity index (χ4v) is 2.53. The second kappa shape index (κ2) is 5.54. The first-order valence-electron chi connectivity index (χ1n) is 6.47. The van der Waals surface area contributed by atoms with Crippen molar-refractivity contribution < 1.29 is 0 Å². The quantitative estimate of drug-likeness (QED) is 0.664. The smallest absolute Gasteiger partial charge is 0.0686 e. The second-order valence-corrected chi connectivity index (χ2v) is 5.94. The summed E-state index contributed by atoms with van der Waals surface area (Å²) in [5.41, 5.74) is -0.00541. The molecule has 0 aromatic rings. The first-order valence-corrected chi connectivity index (χ1v) is 6.47. The SMILES string of the molecule is CC(C)CCCC1CCC(C)(C#N)CC1. The standard InChI is InChI=1S/C14H25N/c1-12(2)5-4-6-13-7-9-14(3,11-15)10-8-13/h12-13H,4-10H2,1-3H3. The van der Waals surface area contributed by atoms with Gasteiger partial charge in [0.15, 0.2) is 0 Å². The van der Waals surface area contributed by atoms with Gasteiger partial charge in [0.2, 0.25) is 0 Å². The highest BCUT2D eigenvalue weighted by atomic mass is 14.4. The van der Waals surface area contributed by atoms with Gasteiger partial charge in [0.05, 0.1) is 11.5 Å². The molecule has 0 unspecified atom stereocenters. The summed E-state index contributed by atoms with van der Waals surface area (Å²) in [6, 6.07) is 2.48. The van der Waals surface area contributed by atoms with Crippen LogP contribution in [0.1, 0.15) is 65.7 Å². The van der Waals surface area contributed by atoms with Gasteiger partial charge in [0.25, 0.3) is 0 Å². The summed E-state index contributed by atoms with van der Waals surface area (Å²) in [5, 5.41) is 9.04. The van der Waals surface area contributed by atoms with Crippen LogP contribution in [0.3, 0.4) is 0 Å². The molecule has 0 saturated heterocycles. The van der Waals surface area contributed by atoms with Crippen LogP contribution in [-0.2, 0) is 0 Å². The normalized spacial score (nSPS) is 31.5. The van der Waals surface area contributed by atoms with Crippen molar-refractivity contribution in [2.24, 2.45) is 17.3 Å². The molecule has 0 N–H and O–H groups in total. The van der Waals surface area contributed by atoms with Gasteiger partial charge in [-0.15, -0.1) is 0 Å². The van der Waals surface area contributed by atoms with E-state index in [0.29, 0.717) is 0 Å². The molecule has 86 valence electrons. The van der Waals surface area contributed by atoms with Crippen molar-refractivity contribution >= 4 is 0 Å². The monoisotopic (exact) mass is 207 g/mol. The summed E-state index contributed by atoms with van der Waals surface area (Å²) >= 11 is 0. The molecule has 1 aliphatic rings. The van der Waals surface area contributed by atoms with E-state index in [1.165, 1.54) is 32.1 Å². The first kappa shape index (κ1) is 12.6. The van der Waals surface area contributed by atoms with Gasteiger partial charge in [0, 0.05) is 0 Å². The van der Waals surface area contributed by atoms with Crippen LogP contribution in [0.4, 0.5) is 0 Å². The highest BCUT2D eigenvalue weighted by Gasteiger charge is 2.30.